The van der Waals surface area contributed by atoms with Crippen molar-refractivity contribution in [2.24, 2.45) is 0 Å². The third-order valence-electron chi connectivity index (χ3n) is 4.80. The first-order valence-electron chi connectivity index (χ1n) is 9.14. The summed E-state index contributed by atoms with van der Waals surface area (Å²) in [6.45, 7) is 3.12. The number of likely N-dealkylation sites (N-methyl/N-ethyl adjacent to an activating group) is 1. The van der Waals surface area contributed by atoms with E-state index in [-0.39, 0.29) is 11.8 Å². The van der Waals surface area contributed by atoms with Crippen molar-refractivity contribution in [3.8, 4) is 0 Å². The first-order valence-corrected chi connectivity index (χ1v) is 9.52. The molecular weight excluding hydrogens is 362 g/mol. The van der Waals surface area contributed by atoms with Gasteiger partial charge in [0.2, 0.25) is 5.91 Å². The number of hydrogen-bond acceptors (Lipinski definition) is 3. The number of rotatable bonds is 5. The van der Waals surface area contributed by atoms with E-state index in [1.54, 1.807) is 12.1 Å². The van der Waals surface area contributed by atoms with Crippen molar-refractivity contribution >= 4 is 29.1 Å². The van der Waals surface area contributed by atoms with Crippen molar-refractivity contribution in [3.05, 3.63) is 64.7 Å². The lowest BCUT2D eigenvalue weighted by atomic mass is 10.1. The summed E-state index contributed by atoms with van der Waals surface area (Å²) in [6, 6.07) is 14.7. The average molecular weight is 386 g/mol. The Labute approximate surface area is 164 Å². The van der Waals surface area contributed by atoms with Crippen LogP contribution in [0, 0.1) is 0 Å². The number of para-hydroxylation sites is 1. The molecular formula is C21H24ClN3O2. The number of piperazine rings is 1. The number of nitrogens with one attached hydrogen (secondary N) is 1. The van der Waals surface area contributed by atoms with Gasteiger partial charge in [-0.2, -0.15) is 0 Å². The maximum atomic E-state index is 12.9. The highest BCUT2D eigenvalue weighted by Gasteiger charge is 2.22. The molecule has 2 amide bonds. The number of anilines is 1. The summed E-state index contributed by atoms with van der Waals surface area (Å²) >= 11 is 6.15. The van der Waals surface area contributed by atoms with Gasteiger partial charge in [-0.15, -0.1) is 0 Å². The molecule has 0 atom stereocenters. The highest BCUT2D eigenvalue weighted by molar-refractivity contribution is 6.31. The van der Waals surface area contributed by atoms with Crippen LogP contribution in [-0.4, -0.2) is 54.8 Å². The van der Waals surface area contributed by atoms with Gasteiger partial charge in [0, 0.05) is 37.6 Å². The fraction of sp³-hybridized carbons (Fsp3) is 0.333. The molecule has 0 spiro atoms. The number of carbonyl (C=O) groups is 2. The van der Waals surface area contributed by atoms with Gasteiger partial charge in [0.25, 0.3) is 5.91 Å². The molecule has 0 aromatic heterocycles. The van der Waals surface area contributed by atoms with Gasteiger partial charge in [-0.25, -0.2) is 0 Å². The SMILES string of the molecule is CN1CCN(C(=O)c2ccccc2NC(=O)CCc2ccccc2Cl)CC1. The average Bonchev–Trinajstić information content (AvgIpc) is 2.68. The number of carbonyl (C=O) groups excluding carboxylic acids is 2. The molecule has 1 aliphatic rings. The molecule has 5 nitrogen and oxygen atoms in total. The van der Waals surface area contributed by atoms with E-state index in [9.17, 15) is 9.59 Å². The van der Waals surface area contributed by atoms with Gasteiger partial charge in [0.05, 0.1) is 11.3 Å². The molecule has 1 heterocycles. The van der Waals surface area contributed by atoms with Gasteiger partial charge < -0.3 is 15.1 Å². The molecule has 0 unspecified atom stereocenters. The molecule has 2 aromatic carbocycles. The van der Waals surface area contributed by atoms with Gasteiger partial charge in [-0.1, -0.05) is 41.9 Å². The summed E-state index contributed by atoms with van der Waals surface area (Å²) in [5.41, 5.74) is 2.04. The first kappa shape index (κ1) is 19.4. The van der Waals surface area contributed by atoms with Crippen LogP contribution in [0.15, 0.2) is 48.5 Å². The van der Waals surface area contributed by atoms with E-state index in [0.717, 1.165) is 18.7 Å². The number of benzene rings is 2. The van der Waals surface area contributed by atoms with E-state index in [1.807, 2.05) is 41.3 Å². The molecule has 6 heteroatoms. The van der Waals surface area contributed by atoms with Gasteiger partial charge in [-0.3, -0.25) is 9.59 Å². The Balaban J connectivity index is 1.64. The Hall–Kier alpha value is -2.37. The van der Waals surface area contributed by atoms with Crippen molar-refractivity contribution in [2.45, 2.75) is 12.8 Å². The smallest absolute Gasteiger partial charge is 0.256 e. The summed E-state index contributed by atoms with van der Waals surface area (Å²) in [6.07, 6.45) is 0.862. The standard InChI is InChI=1S/C21H24ClN3O2/c1-24-12-14-25(15-13-24)21(27)17-7-3-5-9-19(17)23-20(26)11-10-16-6-2-4-8-18(16)22/h2-9H,10-15H2,1H3,(H,23,26). The van der Waals surface area contributed by atoms with Crippen LogP contribution in [0.4, 0.5) is 5.69 Å². The lowest BCUT2D eigenvalue weighted by Crippen LogP contribution is -2.47. The Kier molecular flexibility index (Phi) is 6.48. The molecule has 0 aliphatic carbocycles. The maximum absolute atomic E-state index is 12.9. The van der Waals surface area contributed by atoms with Crippen LogP contribution in [-0.2, 0) is 11.2 Å². The second-order valence-corrected chi connectivity index (χ2v) is 7.19. The Morgan fingerprint density at radius 3 is 2.41 bits per heavy atom. The van der Waals surface area contributed by atoms with Crippen LogP contribution in [0.25, 0.3) is 0 Å². The minimum Gasteiger partial charge on any atom is -0.336 e. The molecule has 0 saturated carbocycles. The molecule has 1 aliphatic heterocycles. The van der Waals surface area contributed by atoms with Crippen LogP contribution in [0.2, 0.25) is 5.02 Å². The van der Waals surface area contributed by atoms with Crippen LogP contribution in [0.3, 0.4) is 0 Å². The second kappa shape index (κ2) is 9.02. The zero-order valence-electron chi connectivity index (χ0n) is 15.5. The van der Waals surface area contributed by atoms with Crippen molar-refractivity contribution in [3.63, 3.8) is 0 Å². The predicted octanol–water partition coefficient (Wildman–Crippen LogP) is 3.30. The zero-order chi connectivity index (χ0) is 19.2. The molecule has 1 N–H and O–H groups in total. The topological polar surface area (TPSA) is 52.6 Å². The quantitative estimate of drug-likeness (QED) is 0.859. The van der Waals surface area contributed by atoms with Crippen LogP contribution in [0.1, 0.15) is 22.3 Å². The second-order valence-electron chi connectivity index (χ2n) is 6.78. The Morgan fingerprint density at radius 2 is 1.67 bits per heavy atom. The van der Waals surface area contributed by atoms with Gasteiger partial charge in [0.15, 0.2) is 0 Å². The van der Waals surface area contributed by atoms with Gasteiger partial charge in [-0.05, 0) is 37.2 Å². The summed E-state index contributed by atoms with van der Waals surface area (Å²) in [5.74, 6) is -0.168. The van der Waals surface area contributed by atoms with E-state index in [4.69, 9.17) is 11.6 Å². The van der Waals surface area contributed by atoms with Crippen LogP contribution >= 0.6 is 11.6 Å². The van der Waals surface area contributed by atoms with E-state index in [1.165, 1.54) is 0 Å². The van der Waals surface area contributed by atoms with E-state index >= 15 is 0 Å². The van der Waals surface area contributed by atoms with Gasteiger partial charge in [0.1, 0.15) is 0 Å². The van der Waals surface area contributed by atoms with Crippen molar-refractivity contribution in [1.82, 2.24) is 9.80 Å². The number of hydrogen-bond donors (Lipinski definition) is 1. The highest BCUT2D eigenvalue weighted by atomic mass is 35.5. The zero-order valence-corrected chi connectivity index (χ0v) is 16.2. The van der Waals surface area contributed by atoms with Crippen molar-refractivity contribution < 1.29 is 9.59 Å². The fourth-order valence-electron chi connectivity index (χ4n) is 3.12. The summed E-state index contributed by atoms with van der Waals surface area (Å²) in [7, 11) is 2.05. The largest absolute Gasteiger partial charge is 0.336 e. The maximum Gasteiger partial charge on any atom is 0.256 e. The number of amides is 2. The van der Waals surface area contributed by atoms with E-state index in [0.29, 0.717) is 42.2 Å². The number of aryl methyl sites for hydroxylation is 1. The Morgan fingerprint density at radius 1 is 1.00 bits per heavy atom. The monoisotopic (exact) mass is 385 g/mol. The number of halogens is 1. The minimum atomic E-state index is -0.131. The fourth-order valence-corrected chi connectivity index (χ4v) is 3.35. The highest BCUT2D eigenvalue weighted by Crippen LogP contribution is 2.20. The molecule has 1 saturated heterocycles. The van der Waals surface area contributed by atoms with E-state index in [2.05, 4.69) is 17.3 Å². The van der Waals surface area contributed by atoms with Crippen molar-refractivity contribution in [1.29, 1.82) is 0 Å². The third kappa shape index (κ3) is 5.08. The summed E-state index contributed by atoms with van der Waals surface area (Å²) in [5, 5.41) is 3.55. The summed E-state index contributed by atoms with van der Waals surface area (Å²) < 4.78 is 0. The molecule has 0 radical (unpaired) electrons. The molecule has 27 heavy (non-hydrogen) atoms. The molecule has 142 valence electrons. The molecule has 1 fully saturated rings. The normalized spacial score (nSPS) is 14.8. The molecule has 0 bridgehead atoms. The predicted molar refractivity (Wildman–Crippen MR) is 108 cm³/mol. The number of nitrogens with zero attached hydrogens (tertiary/aromatic N) is 2. The Bertz CT molecular complexity index is 817. The molecule has 3 rings (SSSR count). The van der Waals surface area contributed by atoms with E-state index < -0.39 is 0 Å². The van der Waals surface area contributed by atoms with Crippen LogP contribution in [0.5, 0.6) is 0 Å². The van der Waals surface area contributed by atoms with Gasteiger partial charge >= 0.3 is 0 Å². The first-order chi connectivity index (χ1) is 13.0. The minimum absolute atomic E-state index is 0.0369. The third-order valence-corrected chi connectivity index (χ3v) is 5.17. The summed E-state index contributed by atoms with van der Waals surface area (Å²) in [4.78, 5) is 29.3. The lowest BCUT2D eigenvalue weighted by Gasteiger charge is -2.32. The lowest BCUT2D eigenvalue weighted by molar-refractivity contribution is -0.116. The van der Waals surface area contributed by atoms with Crippen molar-refractivity contribution in [2.75, 3.05) is 38.5 Å². The van der Waals surface area contributed by atoms with Crippen LogP contribution < -0.4 is 5.32 Å². The molecule has 2 aromatic rings.